The molecule has 0 saturated heterocycles. The van der Waals surface area contributed by atoms with Crippen LogP contribution < -0.4 is 16.4 Å². The summed E-state index contributed by atoms with van der Waals surface area (Å²) >= 11 is 0. The second-order valence-electron chi connectivity index (χ2n) is 9.04. The Kier molecular flexibility index (Phi) is 8.81. The van der Waals surface area contributed by atoms with Crippen LogP contribution in [-0.4, -0.2) is 33.4 Å². The lowest BCUT2D eigenvalue weighted by atomic mass is 10.0. The van der Waals surface area contributed by atoms with E-state index in [4.69, 9.17) is 5.73 Å². The molecular formula is C28H34N6O. The van der Waals surface area contributed by atoms with E-state index in [1.807, 2.05) is 18.2 Å². The van der Waals surface area contributed by atoms with Crippen molar-refractivity contribution in [3.63, 3.8) is 0 Å². The molecule has 7 nitrogen and oxygen atoms in total. The number of anilines is 2. The van der Waals surface area contributed by atoms with Gasteiger partial charge in [-0.05, 0) is 61.4 Å². The Morgan fingerprint density at radius 2 is 1.89 bits per heavy atom. The van der Waals surface area contributed by atoms with Crippen LogP contribution in [0, 0.1) is 0 Å². The van der Waals surface area contributed by atoms with Crippen molar-refractivity contribution in [3.05, 3.63) is 72.1 Å². The first-order valence-electron chi connectivity index (χ1n) is 12.5. The lowest BCUT2D eigenvalue weighted by molar-refractivity contribution is -0.116. The number of pyridine rings is 1. The molecule has 182 valence electrons. The molecule has 35 heavy (non-hydrogen) atoms. The van der Waals surface area contributed by atoms with Crippen molar-refractivity contribution in [2.75, 3.05) is 17.6 Å². The Morgan fingerprint density at radius 3 is 2.71 bits per heavy atom. The minimum absolute atomic E-state index is 0.0605. The third-order valence-electron chi connectivity index (χ3n) is 5.95. The molecule has 4 N–H and O–H groups in total. The second kappa shape index (κ2) is 12.6. The largest absolute Gasteiger partial charge is 0.368 e. The predicted octanol–water partition coefficient (Wildman–Crippen LogP) is 5.02. The van der Waals surface area contributed by atoms with Gasteiger partial charge in [-0.2, -0.15) is 4.98 Å². The normalized spacial score (nSPS) is 13.1. The first kappa shape index (κ1) is 24.4. The molecule has 0 bridgehead atoms. The van der Waals surface area contributed by atoms with Crippen LogP contribution in [0.25, 0.3) is 17.3 Å². The molecule has 1 saturated carbocycles. The maximum absolute atomic E-state index is 11.9. The molecule has 1 aliphatic rings. The number of hydrogen-bond donors (Lipinski definition) is 3. The van der Waals surface area contributed by atoms with Crippen LogP contribution in [0.1, 0.15) is 56.1 Å². The molecule has 1 fully saturated rings. The van der Waals surface area contributed by atoms with Crippen LogP contribution in [0.5, 0.6) is 0 Å². The fourth-order valence-corrected chi connectivity index (χ4v) is 3.91. The van der Waals surface area contributed by atoms with Crippen molar-refractivity contribution < 1.29 is 4.79 Å². The molecule has 1 aromatic carbocycles. The summed E-state index contributed by atoms with van der Waals surface area (Å²) in [5.74, 6) is 1.05. The first-order valence-corrected chi connectivity index (χ1v) is 12.5. The number of rotatable bonds is 13. The number of aryl methyl sites for hydroxylation is 1. The van der Waals surface area contributed by atoms with E-state index in [9.17, 15) is 4.79 Å². The summed E-state index contributed by atoms with van der Waals surface area (Å²) in [6, 6.07) is 14.8. The Morgan fingerprint density at radius 1 is 1.03 bits per heavy atom. The minimum Gasteiger partial charge on any atom is -0.368 e. The van der Waals surface area contributed by atoms with Gasteiger partial charge < -0.3 is 16.4 Å². The summed E-state index contributed by atoms with van der Waals surface area (Å²) in [5.41, 5.74) is 10.1. The quantitative estimate of drug-likeness (QED) is 0.239. The van der Waals surface area contributed by atoms with E-state index in [2.05, 4.69) is 49.9 Å². The molecule has 2 heterocycles. The number of amides is 1. The number of unbranched alkanes of at least 4 members (excludes halogenated alkanes) is 4. The number of nitrogens with two attached hydrogens (primary N) is 1. The molecule has 0 radical (unpaired) electrons. The van der Waals surface area contributed by atoms with E-state index in [0.29, 0.717) is 18.5 Å². The summed E-state index contributed by atoms with van der Waals surface area (Å²) in [7, 11) is 0. The Labute approximate surface area is 207 Å². The van der Waals surface area contributed by atoms with Gasteiger partial charge in [0.15, 0.2) is 0 Å². The number of nitrogens with one attached hydrogen (secondary N) is 2. The zero-order valence-electron chi connectivity index (χ0n) is 20.1. The number of benzene rings is 1. The topological polar surface area (TPSA) is 106 Å². The maximum atomic E-state index is 11.9. The van der Waals surface area contributed by atoms with Crippen LogP contribution in [0.2, 0.25) is 0 Å². The van der Waals surface area contributed by atoms with Crippen molar-refractivity contribution in [1.82, 2.24) is 20.3 Å². The van der Waals surface area contributed by atoms with Gasteiger partial charge in [0, 0.05) is 42.7 Å². The minimum atomic E-state index is -0.0605. The van der Waals surface area contributed by atoms with E-state index < -0.39 is 0 Å². The molecule has 3 aromatic rings. The van der Waals surface area contributed by atoms with E-state index in [0.717, 1.165) is 48.3 Å². The first-order chi connectivity index (χ1) is 17.2. The summed E-state index contributed by atoms with van der Waals surface area (Å²) < 4.78 is 0. The van der Waals surface area contributed by atoms with Crippen molar-refractivity contribution in [3.8, 4) is 11.3 Å². The highest BCUT2D eigenvalue weighted by atomic mass is 16.1. The van der Waals surface area contributed by atoms with Gasteiger partial charge in [0.05, 0.1) is 5.69 Å². The average Bonchev–Trinajstić information content (AvgIpc) is 3.69. The van der Waals surface area contributed by atoms with Gasteiger partial charge in [0.2, 0.25) is 11.9 Å². The fraction of sp³-hybridized carbons (Fsp3) is 0.357. The highest BCUT2D eigenvalue weighted by Crippen LogP contribution is 2.27. The van der Waals surface area contributed by atoms with E-state index in [1.54, 1.807) is 24.5 Å². The van der Waals surface area contributed by atoms with Gasteiger partial charge in [-0.1, -0.05) is 43.5 Å². The van der Waals surface area contributed by atoms with Crippen molar-refractivity contribution >= 4 is 23.7 Å². The summed E-state index contributed by atoms with van der Waals surface area (Å²) in [4.78, 5) is 24.7. The standard InChI is InChI=1S/C28H34N6O/c29-28-33-25(19-26(34-28)32-24-13-14-24)23-11-6-9-21(18-23)8-4-2-1-3-5-17-31-27(35)15-12-22-10-7-16-30-20-22/h6-7,9-12,15-16,18-20,24H,1-5,8,13-14,17H2,(H,31,35)(H3,29,32,33,34)/b15-12+. The zero-order valence-corrected chi connectivity index (χ0v) is 20.1. The van der Waals surface area contributed by atoms with E-state index >= 15 is 0 Å². The van der Waals surface area contributed by atoms with Crippen LogP contribution in [0.3, 0.4) is 0 Å². The lowest BCUT2D eigenvalue weighted by Gasteiger charge is -2.09. The summed E-state index contributed by atoms with van der Waals surface area (Å²) in [6.45, 7) is 0.706. The highest BCUT2D eigenvalue weighted by molar-refractivity contribution is 5.91. The van der Waals surface area contributed by atoms with Gasteiger partial charge in [0.1, 0.15) is 5.82 Å². The third kappa shape index (κ3) is 8.52. The molecule has 1 amide bonds. The lowest BCUT2D eigenvalue weighted by Crippen LogP contribution is -2.21. The molecule has 4 rings (SSSR count). The maximum Gasteiger partial charge on any atom is 0.243 e. The molecule has 0 spiro atoms. The van der Waals surface area contributed by atoms with E-state index in [1.165, 1.54) is 31.2 Å². The van der Waals surface area contributed by atoms with Gasteiger partial charge >= 0.3 is 0 Å². The summed E-state index contributed by atoms with van der Waals surface area (Å²) in [6.07, 6.45) is 15.8. The van der Waals surface area contributed by atoms with Crippen molar-refractivity contribution in [2.24, 2.45) is 0 Å². The van der Waals surface area contributed by atoms with Crippen LogP contribution >= 0.6 is 0 Å². The Hall–Kier alpha value is -3.74. The third-order valence-corrected chi connectivity index (χ3v) is 5.95. The van der Waals surface area contributed by atoms with Gasteiger partial charge in [-0.15, -0.1) is 0 Å². The molecular weight excluding hydrogens is 436 g/mol. The Bertz CT molecular complexity index is 1130. The zero-order chi connectivity index (χ0) is 24.3. The number of nitrogen functional groups attached to an aromatic ring is 1. The fourth-order valence-electron chi connectivity index (χ4n) is 3.91. The number of carbonyl (C=O) groups is 1. The van der Waals surface area contributed by atoms with Gasteiger partial charge in [0.25, 0.3) is 0 Å². The SMILES string of the molecule is Nc1nc(NC2CC2)cc(-c2cccc(CCCCCCCNC(=O)/C=C/c3cccnc3)c2)n1. The van der Waals surface area contributed by atoms with Crippen LogP contribution in [0.4, 0.5) is 11.8 Å². The van der Waals surface area contributed by atoms with Gasteiger partial charge in [-0.25, -0.2) is 4.98 Å². The second-order valence-corrected chi connectivity index (χ2v) is 9.04. The van der Waals surface area contributed by atoms with Crippen molar-refractivity contribution in [2.45, 2.75) is 57.4 Å². The van der Waals surface area contributed by atoms with Gasteiger partial charge in [-0.3, -0.25) is 9.78 Å². The molecule has 0 unspecified atom stereocenters. The van der Waals surface area contributed by atoms with Crippen LogP contribution in [0.15, 0.2) is 60.9 Å². The number of nitrogens with zero attached hydrogens (tertiary/aromatic N) is 3. The highest BCUT2D eigenvalue weighted by Gasteiger charge is 2.21. The Balaban J connectivity index is 1.12. The molecule has 0 aliphatic heterocycles. The molecule has 7 heteroatoms. The molecule has 0 atom stereocenters. The number of aromatic nitrogens is 3. The average molecular weight is 471 g/mol. The molecule has 2 aromatic heterocycles. The van der Waals surface area contributed by atoms with Crippen LogP contribution in [-0.2, 0) is 11.2 Å². The monoisotopic (exact) mass is 470 g/mol. The predicted molar refractivity (Wildman–Crippen MR) is 142 cm³/mol. The smallest absolute Gasteiger partial charge is 0.243 e. The van der Waals surface area contributed by atoms with Crippen molar-refractivity contribution in [1.29, 1.82) is 0 Å². The number of carbonyl (C=O) groups excluding carboxylic acids is 1. The summed E-state index contributed by atoms with van der Waals surface area (Å²) in [5, 5.41) is 6.35. The molecule has 1 aliphatic carbocycles. The number of hydrogen-bond acceptors (Lipinski definition) is 6. The van der Waals surface area contributed by atoms with E-state index in [-0.39, 0.29) is 5.91 Å².